The van der Waals surface area contributed by atoms with Gasteiger partial charge < -0.3 is 5.32 Å². The van der Waals surface area contributed by atoms with E-state index in [-0.39, 0.29) is 0 Å². The zero-order valence-electron chi connectivity index (χ0n) is 11.2. The van der Waals surface area contributed by atoms with Crippen LogP contribution in [0.1, 0.15) is 26.7 Å². The maximum Gasteiger partial charge on any atom is 0.143 e. The lowest BCUT2D eigenvalue weighted by molar-refractivity contribution is 0.519. The van der Waals surface area contributed by atoms with Gasteiger partial charge >= 0.3 is 0 Å². The smallest absolute Gasteiger partial charge is 0.143 e. The van der Waals surface area contributed by atoms with Gasteiger partial charge in [-0.05, 0) is 34.5 Å². The molecule has 0 aliphatic heterocycles. The molecule has 6 heteroatoms. The van der Waals surface area contributed by atoms with Crippen molar-refractivity contribution in [2.45, 2.75) is 26.7 Å². The van der Waals surface area contributed by atoms with Gasteiger partial charge in [0.25, 0.3) is 0 Å². The van der Waals surface area contributed by atoms with Gasteiger partial charge in [0.2, 0.25) is 0 Å². The van der Waals surface area contributed by atoms with E-state index < -0.39 is 0 Å². The van der Waals surface area contributed by atoms with Crippen LogP contribution < -0.4 is 5.32 Å². The lowest BCUT2D eigenvalue weighted by Gasteiger charge is -2.15. The minimum Gasteiger partial charge on any atom is -0.384 e. The predicted molar refractivity (Wildman–Crippen MR) is 76.7 cm³/mol. The fraction of sp³-hybridized carbons (Fsp3) is 0.462. The summed E-state index contributed by atoms with van der Waals surface area (Å²) in [5.74, 6) is 0.660. The van der Waals surface area contributed by atoms with Gasteiger partial charge in [-0.2, -0.15) is 0 Å². The van der Waals surface area contributed by atoms with Gasteiger partial charge in [-0.25, -0.2) is 4.68 Å². The Morgan fingerprint density at radius 2 is 2.11 bits per heavy atom. The molecule has 2 rings (SSSR count). The number of halogens is 1. The van der Waals surface area contributed by atoms with E-state index in [0.29, 0.717) is 10.9 Å². The maximum atomic E-state index is 6.20. The van der Waals surface area contributed by atoms with Crippen LogP contribution >= 0.6 is 11.6 Å². The van der Waals surface area contributed by atoms with Crippen molar-refractivity contribution in [1.29, 1.82) is 0 Å². The fourth-order valence-corrected chi connectivity index (χ4v) is 2.09. The van der Waals surface area contributed by atoms with Gasteiger partial charge in [0.15, 0.2) is 0 Å². The lowest BCUT2D eigenvalue weighted by Crippen LogP contribution is -2.13. The first-order valence-electron chi connectivity index (χ1n) is 6.51. The number of hydrogen-bond acceptors (Lipinski definition) is 4. The van der Waals surface area contributed by atoms with E-state index >= 15 is 0 Å². The first-order chi connectivity index (χ1) is 9.24. The monoisotopic (exact) mass is 279 g/mol. The normalized spacial score (nSPS) is 10.9. The quantitative estimate of drug-likeness (QED) is 0.882. The molecule has 1 aromatic heterocycles. The summed E-state index contributed by atoms with van der Waals surface area (Å²) < 4.78 is 1.61. The third-order valence-electron chi connectivity index (χ3n) is 3.30. The van der Waals surface area contributed by atoms with Gasteiger partial charge in [0, 0.05) is 6.54 Å². The number of hydrogen-bond donors (Lipinski definition) is 1. The molecule has 0 spiro atoms. The summed E-state index contributed by atoms with van der Waals surface area (Å²) in [6, 6.07) is 5.70. The predicted octanol–water partition coefficient (Wildman–Crippen LogP) is 3.16. The molecule has 102 valence electrons. The van der Waals surface area contributed by atoms with Crippen LogP contribution in [-0.2, 0) is 0 Å². The third kappa shape index (κ3) is 3.44. The Hall–Kier alpha value is -1.62. The first kappa shape index (κ1) is 13.8. The van der Waals surface area contributed by atoms with Crippen LogP contribution in [0.2, 0.25) is 5.02 Å². The van der Waals surface area contributed by atoms with E-state index in [1.165, 1.54) is 0 Å². The Bertz CT molecular complexity index is 508. The van der Waals surface area contributed by atoms with Crippen molar-refractivity contribution in [2.24, 2.45) is 5.92 Å². The van der Waals surface area contributed by atoms with Crippen LogP contribution in [-0.4, -0.2) is 26.8 Å². The van der Waals surface area contributed by atoms with Gasteiger partial charge in [0.1, 0.15) is 6.33 Å². The molecule has 2 aromatic rings. The number of nitrogens with one attached hydrogen (secondary N) is 1. The summed E-state index contributed by atoms with van der Waals surface area (Å²) in [6.07, 6.45) is 3.88. The van der Waals surface area contributed by atoms with Crippen molar-refractivity contribution in [3.05, 3.63) is 29.5 Å². The van der Waals surface area contributed by atoms with Gasteiger partial charge in [-0.1, -0.05) is 38.3 Å². The Morgan fingerprint density at radius 3 is 2.74 bits per heavy atom. The molecule has 0 saturated carbocycles. The molecule has 0 fully saturated rings. The highest BCUT2D eigenvalue weighted by atomic mass is 35.5. The van der Waals surface area contributed by atoms with Crippen molar-refractivity contribution in [1.82, 2.24) is 20.2 Å². The highest BCUT2D eigenvalue weighted by molar-refractivity contribution is 6.33. The SMILES string of the molecule is CCC(CC)CNc1cc(-n2cnnn2)ccc1Cl. The van der Waals surface area contributed by atoms with Crippen LogP contribution in [0.4, 0.5) is 5.69 Å². The molecule has 0 saturated heterocycles. The first-order valence-corrected chi connectivity index (χ1v) is 6.89. The van der Waals surface area contributed by atoms with Gasteiger partial charge in [-0.3, -0.25) is 0 Å². The highest BCUT2D eigenvalue weighted by Gasteiger charge is 2.07. The largest absolute Gasteiger partial charge is 0.384 e. The van der Waals surface area contributed by atoms with E-state index in [1.54, 1.807) is 11.0 Å². The van der Waals surface area contributed by atoms with Gasteiger partial charge in [-0.15, -0.1) is 5.10 Å². The Kier molecular flexibility index (Phi) is 4.74. The molecule has 1 heterocycles. The molecule has 19 heavy (non-hydrogen) atoms. The second-order valence-electron chi connectivity index (χ2n) is 4.48. The van der Waals surface area contributed by atoms with Crippen LogP contribution in [0.15, 0.2) is 24.5 Å². The third-order valence-corrected chi connectivity index (χ3v) is 3.63. The molecular weight excluding hydrogens is 262 g/mol. The van der Waals surface area contributed by atoms with Crippen molar-refractivity contribution < 1.29 is 0 Å². The zero-order chi connectivity index (χ0) is 13.7. The van der Waals surface area contributed by atoms with E-state index in [2.05, 4.69) is 34.7 Å². The second kappa shape index (κ2) is 6.52. The molecule has 1 aromatic carbocycles. The van der Waals surface area contributed by atoms with Crippen molar-refractivity contribution in [2.75, 3.05) is 11.9 Å². The molecule has 1 N–H and O–H groups in total. The summed E-state index contributed by atoms with van der Waals surface area (Å²) in [6.45, 7) is 5.33. The summed E-state index contributed by atoms with van der Waals surface area (Å²) in [7, 11) is 0. The van der Waals surface area contributed by atoms with E-state index in [1.807, 2.05) is 18.2 Å². The molecule has 5 nitrogen and oxygen atoms in total. The summed E-state index contributed by atoms with van der Waals surface area (Å²) in [5, 5.41) is 15.2. The Labute approximate surface area is 118 Å². The maximum absolute atomic E-state index is 6.20. The molecule has 0 unspecified atom stereocenters. The molecule has 0 aliphatic carbocycles. The minimum absolute atomic E-state index is 0.660. The number of nitrogens with zero attached hydrogens (tertiary/aromatic N) is 4. The lowest BCUT2D eigenvalue weighted by atomic mass is 10.0. The molecule has 0 amide bonds. The molecule has 0 bridgehead atoms. The van der Waals surface area contributed by atoms with E-state index in [0.717, 1.165) is 30.8 Å². The van der Waals surface area contributed by atoms with Crippen LogP contribution in [0.5, 0.6) is 0 Å². The minimum atomic E-state index is 0.660. The topological polar surface area (TPSA) is 55.6 Å². The standard InChI is InChI=1S/C13H18ClN5/c1-3-10(4-2)8-15-13-7-11(5-6-12(13)14)19-9-16-17-18-19/h5-7,9-10,15H,3-4,8H2,1-2H3. The average Bonchev–Trinajstić information content (AvgIpc) is 2.96. The van der Waals surface area contributed by atoms with Gasteiger partial charge in [0.05, 0.1) is 16.4 Å². The zero-order valence-corrected chi connectivity index (χ0v) is 11.9. The molecular formula is C13H18ClN5. The van der Waals surface area contributed by atoms with E-state index in [9.17, 15) is 0 Å². The average molecular weight is 280 g/mol. The van der Waals surface area contributed by atoms with Crippen molar-refractivity contribution >= 4 is 17.3 Å². The van der Waals surface area contributed by atoms with E-state index in [4.69, 9.17) is 11.6 Å². The van der Waals surface area contributed by atoms with Crippen LogP contribution in [0.25, 0.3) is 5.69 Å². The highest BCUT2D eigenvalue weighted by Crippen LogP contribution is 2.25. The molecule has 0 radical (unpaired) electrons. The number of aromatic nitrogens is 4. The van der Waals surface area contributed by atoms with Crippen LogP contribution in [0.3, 0.4) is 0 Å². The number of rotatable bonds is 6. The summed E-state index contributed by atoms with van der Waals surface area (Å²) >= 11 is 6.20. The fourth-order valence-electron chi connectivity index (χ4n) is 1.90. The summed E-state index contributed by atoms with van der Waals surface area (Å²) in [5.41, 5.74) is 1.81. The second-order valence-corrected chi connectivity index (χ2v) is 4.89. The molecule has 0 aliphatic rings. The summed E-state index contributed by atoms with van der Waals surface area (Å²) in [4.78, 5) is 0. The number of anilines is 1. The Balaban J connectivity index is 2.14. The Morgan fingerprint density at radius 1 is 1.32 bits per heavy atom. The van der Waals surface area contributed by atoms with Crippen molar-refractivity contribution in [3.63, 3.8) is 0 Å². The molecule has 0 atom stereocenters. The van der Waals surface area contributed by atoms with Crippen LogP contribution in [0, 0.1) is 5.92 Å². The number of benzene rings is 1. The van der Waals surface area contributed by atoms with Crippen molar-refractivity contribution in [3.8, 4) is 5.69 Å². The number of tetrazole rings is 1.